The lowest BCUT2D eigenvalue weighted by molar-refractivity contribution is 0.167. The van der Waals surface area contributed by atoms with Gasteiger partial charge in [-0.25, -0.2) is 0 Å². The molecule has 1 aliphatic rings. The summed E-state index contributed by atoms with van der Waals surface area (Å²) >= 11 is 3.52. The summed E-state index contributed by atoms with van der Waals surface area (Å²) < 4.78 is 12.1. The summed E-state index contributed by atoms with van der Waals surface area (Å²) in [4.78, 5) is 0. The van der Waals surface area contributed by atoms with Gasteiger partial charge >= 0.3 is 0 Å². The van der Waals surface area contributed by atoms with Crippen molar-refractivity contribution >= 4 is 15.9 Å². The van der Waals surface area contributed by atoms with Crippen LogP contribution in [0.1, 0.15) is 24.9 Å². The Balaban J connectivity index is 1.94. The van der Waals surface area contributed by atoms with Crippen LogP contribution in [0.15, 0.2) is 22.7 Å². The second-order valence-corrected chi connectivity index (χ2v) is 5.37. The van der Waals surface area contributed by atoms with Gasteiger partial charge in [-0.1, -0.05) is 22.0 Å². The first-order chi connectivity index (χ1) is 8.16. The van der Waals surface area contributed by atoms with Gasteiger partial charge in [-0.05, 0) is 31.0 Å². The molecule has 1 aliphatic heterocycles. The Hall–Kier alpha value is -0.580. The van der Waals surface area contributed by atoms with Gasteiger partial charge in [-0.3, -0.25) is 0 Å². The SMILES string of the molecule is C[C@@H](N)c1ccc(OCC2CCOC2)cc1Br. The molecule has 1 fully saturated rings. The van der Waals surface area contributed by atoms with Gasteiger partial charge in [0, 0.05) is 23.0 Å². The molecule has 2 rings (SSSR count). The van der Waals surface area contributed by atoms with Gasteiger partial charge in [0.15, 0.2) is 0 Å². The molecule has 2 atom stereocenters. The van der Waals surface area contributed by atoms with Gasteiger partial charge < -0.3 is 15.2 Å². The lowest BCUT2D eigenvalue weighted by Crippen LogP contribution is -2.12. The zero-order valence-electron chi connectivity index (χ0n) is 9.99. The predicted octanol–water partition coefficient (Wildman–Crippen LogP) is 2.88. The molecule has 3 nitrogen and oxygen atoms in total. The van der Waals surface area contributed by atoms with Crippen LogP contribution >= 0.6 is 15.9 Å². The summed E-state index contributed by atoms with van der Waals surface area (Å²) in [5, 5.41) is 0. The molecule has 4 heteroatoms. The van der Waals surface area contributed by atoms with Crippen LogP contribution < -0.4 is 10.5 Å². The van der Waals surface area contributed by atoms with E-state index in [1.807, 2.05) is 25.1 Å². The first-order valence-corrected chi connectivity index (χ1v) is 6.71. The molecular weight excluding hydrogens is 282 g/mol. The monoisotopic (exact) mass is 299 g/mol. The Bertz CT molecular complexity index is 376. The molecule has 2 N–H and O–H groups in total. The minimum absolute atomic E-state index is 0.0293. The summed E-state index contributed by atoms with van der Waals surface area (Å²) in [5.41, 5.74) is 6.95. The van der Waals surface area contributed by atoms with Crippen LogP contribution in [0.2, 0.25) is 0 Å². The van der Waals surface area contributed by atoms with Gasteiger partial charge in [0.2, 0.25) is 0 Å². The van der Waals surface area contributed by atoms with Crippen molar-refractivity contribution in [2.45, 2.75) is 19.4 Å². The number of ether oxygens (including phenoxy) is 2. The van der Waals surface area contributed by atoms with E-state index in [2.05, 4.69) is 15.9 Å². The van der Waals surface area contributed by atoms with E-state index < -0.39 is 0 Å². The second kappa shape index (κ2) is 5.85. The van der Waals surface area contributed by atoms with Crippen molar-refractivity contribution < 1.29 is 9.47 Å². The van der Waals surface area contributed by atoms with Crippen LogP contribution in [-0.2, 0) is 4.74 Å². The van der Waals surface area contributed by atoms with Crippen LogP contribution in [0.4, 0.5) is 0 Å². The standard InChI is InChI=1S/C13H18BrNO2/c1-9(15)12-3-2-11(6-13(12)14)17-8-10-4-5-16-7-10/h2-3,6,9-10H,4-5,7-8,15H2,1H3/t9-,10?/m1/s1. The van der Waals surface area contributed by atoms with Crippen molar-refractivity contribution in [2.24, 2.45) is 11.7 Å². The van der Waals surface area contributed by atoms with Gasteiger partial charge in [0.1, 0.15) is 5.75 Å². The average molecular weight is 300 g/mol. The molecular formula is C13H18BrNO2. The number of nitrogens with two attached hydrogens (primary N) is 1. The number of hydrogen-bond donors (Lipinski definition) is 1. The Morgan fingerprint density at radius 2 is 2.41 bits per heavy atom. The molecule has 0 saturated carbocycles. The predicted molar refractivity (Wildman–Crippen MR) is 71.2 cm³/mol. The van der Waals surface area contributed by atoms with Crippen molar-refractivity contribution in [3.05, 3.63) is 28.2 Å². The minimum atomic E-state index is 0.0293. The second-order valence-electron chi connectivity index (χ2n) is 4.51. The third-order valence-electron chi connectivity index (χ3n) is 2.97. The van der Waals surface area contributed by atoms with Crippen LogP contribution in [-0.4, -0.2) is 19.8 Å². The third-order valence-corrected chi connectivity index (χ3v) is 3.66. The topological polar surface area (TPSA) is 44.5 Å². The molecule has 0 amide bonds. The van der Waals surface area contributed by atoms with Crippen LogP contribution in [0, 0.1) is 5.92 Å². The third kappa shape index (κ3) is 3.44. The van der Waals surface area contributed by atoms with Gasteiger partial charge in [-0.15, -0.1) is 0 Å². The van der Waals surface area contributed by atoms with E-state index in [-0.39, 0.29) is 6.04 Å². The highest BCUT2D eigenvalue weighted by molar-refractivity contribution is 9.10. The molecule has 0 bridgehead atoms. The van der Waals surface area contributed by atoms with Crippen molar-refractivity contribution in [2.75, 3.05) is 19.8 Å². The van der Waals surface area contributed by atoms with Crippen LogP contribution in [0.5, 0.6) is 5.75 Å². The summed E-state index contributed by atoms with van der Waals surface area (Å²) in [6.07, 6.45) is 1.10. The molecule has 1 saturated heterocycles. The average Bonchev–Trinajstić information content (AvgIpc) is 2.78. The van der Waals surface area contributed by atoms with Crippen molar-refractivity contribution in [1.82, 2.24) is 0 Å². The molecule has 0 aromatic heterocycles. The van der Waals surface area contributed by atoms with E-state index in [0.717, 1.165) is 42.0 Å². The van der Waals surface area contributed by atoms with Crippen LogP contribution in [0.3, 0.4) is 0 Å². The van der Waals surface area contributed by atoms with E-state index in [0.29, 0.717) is 5.92 Å². The van der Waals surface area contributed by atoms with E-state index in [1.165, 1.54) is 0 Å². The highest BCUT2D eigenvalue weighted by Crippen LogP contribution is 2.27. The van der Waals surface area contributed by atoms with Crippen molar-refractivity contribution in [3.8, 4) is 5.75 Å². The highest BCUT2D eigenvalue weighted by Gasteiger charge is 2.16. The smallest absolute Gasteiger partial charge is 0.120 e. The molecule has 94 valence electrons. The fourth-order valence-electron chi connectivity index (χ4n) is 1.90. The molecule has 17 heavy (non-hydrogen) atoms. The molecule has 0 spiro atoms. The van der Waals surface area contributed by atoms with E-state index in [1.54, 1.807) is 0 Å². The van der Waals surface area contributed by atoms with Crippen LogP contribution in [0.25, 0.3) is 0 Å². The summed E-state index contributed by atoms with van der Waals surface area (Å²) in [7, 11) is 0. The summed E-state index contributed by atoms with van der Waals surface area (Å²) in [6.45, 7) is 4.38. The van der Waals surface area contributed by atoms with Gasteiger partial charge in [-0.2, -0.15) is 0 Å². The Kier molecular flexibility index (Phi) is 4.42. The zero-order chi connectivity index (χ0) is 12.3. The summed E-state index contributed by atoms with van der Waals surface area (Å²) in [6, 6.07) is 5.99. The number of rotatable bonds is 4. The first-order valence-electron chi connectivity index (χ1n) is 5.92. The Morgan fingerprint density at radius 1 is 1.59 bits per heavy atom. The number of benzene rings is 1. The lowest BCUT2D eigenvalue weighted by atomic mass is 10.1. The Labute approximate surface area is 110 Å². The maximum atomic E-state index is 5.85. The molecule has 1 heterocycles. The Morgan fingerprint density at radius 3 is 3.00 bits per heavy atom. The fraction of sp³-hybridized carbons (Fsp3) is 0.538. The van der Waals surface area contributed by atoms with E-state index in [9.17, 15) is 0 Å². The quantitative estimate of drug-likeness (QED) is 0.930. The first kappa shape index (κ1) is 12.9. The molecule has 0 radical (unpaired) electrons. The molecule has 1 aromatic rings. The number of halogens is 1. The van der Waals surface area contributed by atoms with E-state index >= 15 is 0 Å². The van der Waals surface area contributed by atoms with Crippen molar-refractivity contribution in [1.29, 1.82) is 0 Å². The largest absolute Gasteiger partial charge is 0.493 e. The normalized spacial score (nSPS) is 21.5. The van der Waals surface area contributed by atoms with Crippen molar-refractivity contribution in [3.63, 3.8) is 0 Å². The summed E-state index contributed by atoms with van der Waals surface area (Å²) in [5.74, 6) is 1.41. The maximum absolute atomic E-state index is 5.85. The van der Waals surface area contributed by atoms with Gasteiger partial charge in [0.25, 0.3) is 0 Å². The van der Waals surface area contributed by atoms with Gasteiger partial charge in [0.05, 0.1) is 13.2 Å². The lowest BCUT2D eigenvalue weighted by Gasteiger charge is -2.13. The molecule has 1 aromatic carbocycles. The fourth-order valence-corrected chi connectivity index (χ4v) is 2.61. The molecule has 1 unspecified atom stereocenters. The highest BCUT2D eigenvalue weighted by atomic mass is 79.9. The minimum Gasteiger partial charge on any atom is -0.493 e. The molecule has 0 aliphatic carbocycles. The van der Waals surface area contributed by atoms with E-state index in [4.69, 9.17) is 15.2 Å². The maximum Gasteiger partial charge on any atom is 0.120 e. The zero-order valence-corrected chi connectivity index (χ0v) is 11.6. The number of hydrogen-bond acceptors (Lipinski definition) is 3.